The second-order valence-electron chi connectivity index (χ2n) is 7.89. The predicted octanol–water partition coefficient (Wildman–Crippen LogP) is 3.27. The van der Waals surface area contributed by atoms with Crippen LogP contribution in [0.3, 0.4) is 0 Å². The highest BCUT2D eigenvalue weighted by Gasteiger charge is 2.17. The molecule has 10 heteroatoms. The first kappa shape index (κ1) is 20.6. The van der Waals surface area contributed by atoms with Crippen LogP contribution in [0.1, 0.15) is 42.5 Å². The second kappa shape index (κ2) is 8.01. The van der Waals surface area contributed by atoms with Crippen LogP contribution in [0.4, 0.5) is 0 Å². The summed E-state index contributed by atoms with van der Waals surface area (Å²) >= 11 is 1.48. The Labute approximate surface area is 188 Å². The van der Waals surface area contributed by atoms with Crippen molar-refractivity contribution in [3.8, 4) is 0 Å². The fraction of sp³-hybridized carbons (Fsp3) is 0.364. The van der Waals surface area contributed by atoms with Crippen molar-refractivity contribution in [2.24, 2.45) is 7.05 Å². The molecule has 5 rings (SSSR count). The molecule has 5 aromatic rings. The first-order chi connectivity index (χ1) is 15.5. The van der Waals surface area contributed by atoms with Gasteiger partial charge in [0.1, 0.15) is 5.82 Å². The van der Waals surface area contributed by atoms with E-state index in [0.29, 0.717) is 27.9 Å². The minimum absolute atomic E-state index is 0.0856. The largest absolute Gasteiger partial charge is 0.279 e. The zero-order chi connectivity index (χ0) is 22.4. The molecule has 0 atom stereocenters. The van der Waals surface area contributed by atoms with Gasteiger partial charge in [-0.15, -0.1) is 15.3 Å². The lowest BCUT2D eigenvalue weighted by Gasteiger charge is -2.09. The number of nitrogens with zero attached hydrogens (tertiary/aromatic N) is 8. The lowest BCUT2D eigenvalue weighted by Crippen LogP contribution is -2.20. The van der Waals surface area contributed by atoms with E-state index in [2.05, 4.69) is 39.1 Å². The third kappa shape index (κ3) is 3.26. The summed E-state index contributed by atoms with van der Waals surface area (Å²) in [6.07, 6.45) is 3.26. The molecule has 0 saturated carbocycles. The molecule has 0 fully saturated rings. The van der Waals surface area contributed by atoms with E-state index in [1.54, 1.807) is 7.05 Å². The van der Waals surface area contributed by atoms with Gasteiger partial charge >= 0.3 is 0 Å². The van der Waals surface area contributed by atoms with E-state index in [-0.39, 0.29) is 5.56 Å². The van der Waals surface area contributed by atoms with Crippen molar-refractivity contribution in [3.05, 3.63) is 57.4 Å². The number of aryl methyl sites for hydroxylation is 3. The first-order valence-electron chi connectivity index (χ1n) is 10.7. The summed E-state index contributed by atoms with van der Waals surface area (Å²) in [6.45, 7) is 6.31. The van der Waals surface area contributed by atoms with Gasteiger partial charge in [0.15, 0.2) is 0 Å². The summed E-state index contributed by atoms with van der Waals surface area (Å²) in [5.74, 6) is 2.38. The van der Waals surface area contributed by atoms with E-state index >= 15 is 0 Å². The maximum Gasteiger partial charge on any atom is 0.262 e. The normalized spacial score (nSPS) is 11.9. The third-order valence-electron chi connectivity index (χ3n) is 5.83. The van der Waals surface area contributed by atoms with Crippen molar-refractivity contribution >= 4 is 34.2 Å². The van der Waals surface area contributed by atoms with E-state index < -0.39 is 0 Å². The average molecular weight is 449 g/mol. The van der Waals surface area contributed by atoms with Crippen molar-refractivity contribution < 1.29 is 0 Å². The molecular formula is C22H24N8OS. The van der Waals surface area contributed by atoms with Gasteiger partial charge in [0.25, 0.3) is 11.3 Å². The number of thioether (sulfide) groups is 1. The van der Waals surface area contributed by atoms with Gasteiger partial charge in [-0.1, -0.05) is 37.2 Å². The smallest absolute Gasteiger partial charge is 0.262 e. The quantitative estimate of drug-likeness (QED) is 0.368. The summed E-state index contributed by atoms with van der Waals surface area (Å²) in [6, 6.07) is 7.51. The number of rotatable bonds is 6. The molecule has 4 aromatic heterocycles. The predicted molar refractivity (Wildman–Crippen MR) is 124 cm³/mol. The van der Waals surface area contributed by atoms with Crippen LogP contribution in [0, 0.1) is 13.8 Å². The molecule has 164 valence electrons. The number of hydrogen-bond acceptors (Lipinski definition) is 7. The highest BCUT2D eigenvalue weighted by atomic mass is 32.2. The van der Waals surface area contributed by atoms with Gasteiger partial charge in [-0.05, 0) is 44.4 Å². The van der Waals surface area contributed by atoms with E-state index in [1.807, 2.05) is 40.1 Å². The molecule has 4 heterocycles. The highest BCUT2D eigenvalue weighted by molar-refractivity contribution is 7.98. The summed E-state index contributed by atoms with van der Waals surface area (Å²) in [5.41, 5.74) is 4.06. The summed E-state index contributed by atoms with van der Waals surface area (Å²) in [5, 5.41) is 14.6. The summed E-state index contributed by atoms with van der Waals surface area (Å²) in [7, 11) is 1.71. The Morgan fingerprint density at radius 1 is 1.09 bits per heavy atom. The fourth-order valence-electron chi connectivity index (χ4n) is 4.08. The summed E-state index contributed by atoms with van der Waals surface area (Å²) < 4.78 is 5.29. The molecule has 0 radical (unpaired) electrons. The molecule has 0 bridgehead atoms. The maximum atomic E-state index is 12.6. The first-order valence-corrected chi connectivity index (χ1v) is 11.7. The Morgan fingerprint density at radius 2 is 1.91 bits per heavy atom. The Hall–Kier alpha value is -3.27. The fourth-order valence-corrected chi connectivity index (χ4v) is 4.81. The zero-order valence-electron chi connectivity index (χ0n) is 18.5. The van der Waals surface area contributed by atoms with Crippen molar-refractivity contribution in [3.63, 3.8) is 0 Å². The summed E-state index contributed by atoms with van der Waals surface area (Å²) in [4.78, 5) is 21.9. The number of unbranched alkanes of at least 4 members (excludes halogenated alkanes) is 1. The van der Waals surface area contributed by atoms with Crippen LogP contribution >= 0.6 is 11.8 Å². The van der Waals surface area contributed by atoms with Gasteiger partial charge in [0, 0.05) is 18.4 Å². The lowest BCUT2D eigenvalue weighted by atomic mass is 10.1. The highest BCUT2D eigenvalue weighted by Crippen LogP contribution is 2.23. The zero-order valence-corrected chi connectivity index (χ0v) is 19.3. The van der Waals surface area contributed by atoms with Gasteiger partial charge in [-0.3, -0.25) is 13.8 Å². The van der Waals surface area contributed by atoms with Crippen LogP contribution in [-0.4, -0.2) is 38.7 Å². The SMILES string of the molecule is CCCCc1c(C)nc2nc(SCc3nnc4n(C)c(=O)c5ccccc5n34)nn2c1C. The van der Waals surface area contributed by atoms with Gasteiger partial charge in [0.05, 0.1) is 16.7 Å². The number of hydrogen-bond donors (Lipinski definition) is 0. The van der Waals surface area contributed by atoms with Crippen LogP contribution in [0.15, 0.2) is 34.2 Å². The number of benzene rings is 1. The minimum atomic E-state index is -0.0856. The van der Waals surface area contributed by atoms with Crippen molar-refractivity contribution in [2.45, 2.75) is 50.9 Å². The Kier molecular flexibility index (Phi) is 5.16. The molecule has 0 aliphatic rings. The van der Waals surface area contributed by atoms with Crippen LogP contribution in [0.2, 0.25) is 0 Å². The number of fused-ring (bicyclic) bond motifs is 4. The number of aromatic nitrogens is 8. The average Bonchev–Trinajstić information content (AvgIpc) is 3.40. The van der Waals surface area contributed by atoms with Crippen LogP contribution < -0.4 is 5.56 Å². The van der Waals surface area contributed by atoms with Crippen LogP contribution in [0.5, 0.6) is 0 Å². The lowest BCUT2D eigenvalue weighted by molar-refractivity contribution is 0.753. The van der Waals surface area contributed by atoms with E-state index in [1.165, 1.54) is 21.9 Å². The van der Waals surface area contributed by atoms with Gasteiger partial charge < -0.3 is 0 Å². The Morgan fingerprint density at radius 3 is 2.72 bits per heavy atom. The van der Waals surface area contributed by atoms with E-state index in [0.717, 1.165) is 42.0 Å². The molecular weight excluding hydrogens is 424 g/mol. The van der Waals surface area contributed by atoms with Crippen molar-refractivity contribution in [1.82, 2.24) is 38.7 Å². The molecule has 1 aromatic carbocycles. The molecule has 0 N–H and O–H groups in total. The van der Waals surface area contributed by atoms with Crippen molar-refractivity contribution in [2.75, 3.05) is 0 Å². The van der Waals surface area contributed by atoms with Crippen molar-refractivity contribution in [1.29, 1.82) is 0 Å². The third-order valence-corrected chi connectivity index (χ3v) is 6.67. The van der Waals surface area contributed by atoms with Crippen LogP contribution in [0.25, 0.3) is 22.5 Å². The molecule has 0 unspecified atom stereocenters. The topological polar surface area (TPSA) is 95.3 Å². The molecule has 9 nitrogen and oxygen atoms in total. The van der Waals surface area contributed by atoms with E-state index in [9.17, 15) is 4.79 Å². The Balaban J connectivity index is 1.51. The van der Waals surface area contributed by atoms with E-state index in [4.69, 9.17) is 0 Å². The second-order valence-corrected chi connectivity index (χ2v) is 8.84. The van der Waals surface area contributed by atoms with Gasteiger partial charge in [0.2, 0.25) is 10.9 Å². The minimum Gasteiger partial charge on any atom is -0.279 e. The monoisotopic (exact) mass is 448 g/mol. The van der Waals surface area contributed by atoms with Crippen LogP contribution in [-0.2, 0) is 19.2 Å². The molecule has 0 spiro atoms. The maximum absolute atomic E-state index is 12.6. The molecule has 0 amide bonds. The standard InChI is InChI=1S/C22H24N8OS/c1-5-6-9-15-13(2)23-20-24-21(27-30(20)14(15)3)32-12-18-25-26-22-28(4)19(31)16-10-7-8-11-17(16)29(18)22/h7-8,10-11H,5-6,9,12H2,1-4H3. The van der Waals surface area contributed by atoms with Gasteiger partial charge in [-0.2, -0.15) is 4.98 Å². The molecule has 0 aliphatic heterocycles. The number of para-hydroxylation sites is 1. The molecule has 0 saturated heterocycles. The van der Waals surface area contributed by atoms with Gasteiger partial charge in [-0.25, -0.2) is 9.50 Å². The Bertz CT molecular complexity index is 1530. The molecule has 32 heavy (non-hydrogen) atoms. The molecule has 0 aliphatic carbocycles.